The number of aldehydes is 2. The molecule has 0 fully saturated rings. The van der Waals surface area contributed by atoms with Crippen molar-refractivity contribution in [3.63, 3.8) is 0 Å². The van der Waals surface area contributed by atoms with Crippen LogP contribution in [0.25, 0.3) is 0 Å². The van der Waals surface area contributed by atoms with E-state index in [2.05, 4.69) is 23.7 Å². The molecule has 350 valence electrons. The number of methoxy groups -OCH3 is 3. The molecule has 0 bridgehead atoms. The quantitative estimate of drug-likeness (QED) is 0.0289. The number of esters is 3. The SMILES string of the molecule is COCCOCCOCCOC(=O)c1cc(C#Cc2cc(C=O)cc(C(=O)OCCOCCOCCOC)c2)cc(C#Cc2cc(C=O)cc(C(=O)OCCOCCOCCOC)c2)c1. The van der Waals surface area contributed by atoms with Gasteiger partial charge in [0.25, 0.3) is 0 Å². The van der Waals surface area contributed by atoms with Crippen molar-refractivity contribution in [2.75, 3.05) is 140 Å². The Hall–Kier alpha value is -5.83. The third kappa shape index (κ3) is 23.1. The smallest absolute Gasteiger partial charge is 0.338 e. The molecule has 3 rings (SSSR count). The molecule has 0 aliphatic carbocycles. The molecule has 65 heavy (non-hydrogen) atoms. The molecule has 17 nitrogen and oxygen atoms in total. The van der Waals surface area contributed by atoms with Crippen molar-refractivity contribution in [1.29, 1.82) is 0 Å². The van der Waals surface area contributed by atoms with Crippen LogP contribution in [-0.2, 0) is 56.8 Å². The molecule has 0 saturated carbocycles. The second kappa shape index (κ2) is 33.6. The normalized spacial score (nSPS) is 10.6. The van der Waals surface area contributed by atoms with Gasteiger partial charge in [-0.3, -0.25) is 9.59 Å². The summed E-state index contributed by atoms with van der Waals surface area (Å²) in [6, 6.07) is 13.4. The van der Waals surface area contributed by atoms with E-state index in [4.69, 9.17) is 56.8 Å². The highest BCUT2D eigenvalue weighted by atomic mass is 16.6. The Morgan fingerprint density at radius 2 is 0.600 bits per heavy atom. The lowest BCUT2D eigenvalue weighted by molar-refractivity contribution is 0.00552. The fraction of sp³-hybridized carbons (Fsp3) is 0.438. The van der Waals surface area contributed by atoms with E-state index in [9.17, 15) is 24.0 Å². The minimum absolute atomic E-state index is 0.0291. The number of hydrogen-bond donors (Lipinski definition) is 0. The lowest BCUT2D eigenvalue weighted by Crippen LogP contribution is -2.14. The lowest BCUT2D eigenvalue weighted by Gasteiger charge is -2.08. The fourth-order valence-corrected chi connectivity index (χ4v) is 5.22. The van der Waals surface area contributed by atoms with Crippen molar-refractivity contribution in [1.82, 2.24) is 0 Å². The molecule has 0 unspecified atom stereocenters. The molecule has 0 heterocycles. The van der Waals surface area contributed by atoms with Crippen LogP contribution in [0.3, 0.4) is 0 Å². The molecule has 0 aromatic heterocycles. The summed E-state index contributed by atoms with van der Waals surface area (Å²) in [6.45, 7) is 4.99. The van der Waals surface area contributed by atoms with Crippen molar-refractivity contribution in [3.05, 3.63) is 105 Å². The predicted octanol–water partition coefficient (Wildman–Crippen LogP) is 3.62. The minimum Gasteiger partial charge on any atom is -0.460 e. The van der Waals surface area contributed by atoms with Crippen LogP contribution < -0.4 is 0 Å². The Morgan fingerprint density at radius 3 is 0.877 bits per heavy atom. The monoisotopic (exact) mass is 904 g/mol. The first-order valence-electron chi connectivity index (χ1n) is 20.6. The Morgan fingerprint density at radius 1 is 0.354 bits per heavy atom. The number of carbonyl (C=O) groups excluding carboxylic acids is 5. The van der Waals surface area contributed by atoms with Crippen LogP contribution in [0.2, 0.25) is 0 Å². The van der Waals surface area contributed by atoms with Crippen LogP contribution in [0, 0.1) is 23.7 Å². The van der Waals surface area contributed by atoms with E-state index < -0.39 is 17.9 Å². The van der Waals surface area contributed by atoms with E-state index in [-0.39, 0.29) is 67.5 Å². The lowest BCUT2D eigenvalue weighted by atomic mass is 10.0. The summed E-state index contributed by atoms with van der Waals surface area (Å²) in [6.07, 6.45) is 1.17. The summed E-state index contributed by atoms with van der Waals surface area (Å²) >= 11 is 0. The van der Waals surface area contributed by atoms with E-state index in [0.29, 0.717) is 114 Å². The summed E-state index contributed by atoms with van der Waals surface area (Å²) in [5.74, 6) is 9.81. The largest absolute Gasteiger partial charge is 0.460 e. The minimum atomic E-state index is -0.679. The molecule has 0 aliphatic heterocycles. The topological polar surface area (TPSA) is 196 Å². The van der Waals surface area contributed by atoms with Gasteiger partial charge in [0.2, 0.25) is 0 Å². The number of benzene rings is 3. The third-order valence-corrected chi connectivity index (χ3v) is 8.32. The molecule has 0 spiro atoms. The van der Waals surface area contributed by atoms with Gasteiger partial charge in [-0.15, -0.1) is 0 Å². The maximum Gasteiger partial charge on any atom is 0.338 e. The molecule has 0 N–H and O–H groups in total. The van der Waals surface area contributed by atoms with Crippen LogP contribution in [-0.4, -0.2) is 171 Å². The van der Waals surface area contributed by atoms with Crippen LogP contribution in [0.1, 0.15) is 74.0 Å². The van der Waals surface area contributed by atoms with Crippen molar-refractivity contribution in [2.24, 2.45) is 0 Å². The highest BCUT2D eigenvalue weighted by Gasteiger charge is 2.13. The third-order valence-electron chi connectivity index (χ3n) is 8.32. The molecule has 0 aliphatic rings. The van der Waals surface area contributed by atoms with E-state index >= 15 is 0 Å². The van der Waals surface area contributed by atoms with E-state index in [1.165, 1.54) is 48.5 Å². The Labute approximate surface area is 379 Å². The second-order valence-corrected chi connectivity index (χ2v) is 13.3. The number of hydrogen-bond acceptors (Lipinski definition) is 17. The van der Waals surface area contributed by atoms with Gasteiger partial charge in [0, 0.05) is 54.7 Å². The number of rotatable bonds is 32. The van der Waals surface area contributed by atoms with E-state index in [1.54, 1.807) is 27.4 Å². The van der Waals surface area contributed by atoms with E-state index in [1.807, 2.05) is 0 Å². The summed E-state index contributed by atoms with van der Waals surface area (Å²) in [5, 5.41) is 0. The average Bonchev–Trinajstić information content (AvgIpc) is 3.33. The maximum atomic E-state index is 13.3. The highest BCUT2D eigenvalue weighted by molar-refractivity contribution is 5.93. The summed E-state index contributed by atoms with van der Waals surface area (Å²) in [4.78, 5) is 62.7. The molecule has 0 atom stereocenters. The Bertz CT molecular complexity index is 1930. The van der Waals surface area contributed by atoms with Crippen LogP contribution >= 0.6 is 0 Å². The van der Waals surface area contributed by atoms with Gasteiger partial charge < -0.3 is 56.8 Å². The zero-order valence-electron chi connectivity index (χ0n) is 37.0. The van der Waals surface area contributed by atoms with Gasteiger partial charge in [-0.25, -0.2) is 14.4 Å². The van der Waals surface area contributed by atoms with Crippen LogP contribution in [0.4, 0.5) is 0 Å². The average molecular weight is 905 g/mol. The number of carbonyl (C=O) groups is 5. The molecular weight excluding hydrogens is 849 g/mol. The van der Waals surface area contributed by atoms with E-state index in [0.717, 1.165) is 0 Å². The van der Waals surface area contributed by atoms with Crippen LogP contribution in [0.15, 0.2) is 54.6 Å². The highest BCUT2D eigenvalue weighted by Crippen LogP contribution is 2.15. The zero-order chi connectivity index (χ0) is 46.7. The number of ether oxygens (including phenoxy) is 12. The van der Waals surface area contributed by atoms with Crippen molar-refractivity contribution >= 4 is 30.5 Å². The maximum absolute atomic E-state index is 13.3. The fourth-order valence-electron chi connectivity index (χ4n) is 5.22. The first kappa shape index (κ1) is 53.5. The van der Waals surface area contributed by atoms with Crippen LogP contribution in [0.5, 0.6) is 0 Å². The molecule has 17 heteroatoms. The van der Waals surface area contributed by atoms with Gasteiger partial charge in [0.1, 0.15) is 32.4 Å². The second-order valence-electron chi connectivity index (χ2n) is 13.3. The van der Waals surface area contributed by atoms with Gasteiger partial charge in [-0.05, 0) is 54.6 Å². The zero-order valence-corrected chi connectivity index (χ0v) is 37.0. The molecule has 0 amide bonds. The van der Waals surface area contributed by atoms with Gasteiger partial charge in [0.15, 0.2) is 0 Å². The molecule has 0 radical (unpaired) electrons. The van der Waals surface area contributed by atoms with Crippen molar-refractivity contribution < 1.29 is 80.8 Å². The van der Waals surface area contributed by atoms with Crippen molar-refractivity contribution in [3.8, 4) is 23.7 Å². The Balaban J connectivity index is 1.79. The predicted molar refractivity (Wildman–Crippen MR) is 233 cm³/mol. The summed E-state index contributed by atoms with van der Waals surface area (Å²) in [5.41, 5.74) is 2.01. The first-order chi connectivity index (χ1) is 31.8. The molecule has 0 saturated heterocycles. The van der Waals surface area contributed by atoms with Gasteiger partial charge in [-0.2, -0.15) is 0 Å². The van der Waals surface area contributed by atoms with Crippen molar-refractivity contribution in [2.45, 2.75) is 0 Å². The summed E-state index contributed by atoms with van der Waals surface area (Å²) < 4.78 is 63.2. The molecular formula is C48H56O17. The molecule has 3 aromatic rings. The summed E-state index contributed by atoms with van der Waals surface area (Å²) in [7, 11) is 4.74. The molecule has 3 aromatic carbocycles. The van der Waals surface area contributed by atoms with Gasteiger partial charge in [-0.1, -0.05) is 23.7 Å². The van der Waals surface area contributed by atoms with Gasteiger partial charge >= 0.3 is 17.9 Å². The Kier molecular flexibility index (Phi) is 27.7. The standard InChI is InChI=1S/C48H56O17/c1-54-8-11-57-14-17-60-20-23-63-46(51)43-29-37(4-6-39-27-41(35-49)33-44(31-39)47(52)64-24-21-61-18-15-58-12-9-55-2)26-38(30-43)5-7-40-28-42(36-50)34-45(32-40)48(53)65-25-22-62-19-16-59-13-10-56-3/h26-36H,8-25H2,1-3H3. The first-order valence-corrected chi connectivity index (χ1v) is 20.6. The van der Waals surface area contributed by atoms with Gasteiger partial charge in [0.05, 0.1) is 116 Å².